The van der Waals surface area contributed by atoms with Gasteiger partial charge >= 0.3 is 0 Å². The monoisotopic (exact) mass is 368 g/mol. The van der Waals surface area contributed by atoms with Gasteiger partial charge in [0.15, 0.2) is 0 Å². The molecule has 1 atom stereocenters. The molecule has 25 heavy (non-hydrogen) atoms. The van der Waals surface area contributed by atoms with Crippen molar-refractivity contribution >= 4 is 15.9 Å². The van der Waals surface area contributed by atoms with Gasteiger partial charge in [0.25, 0.3) is 0 Å². The molecular formula is C18H25FN2O3S. The standard InChI is InChI=1S/C18H25FN2O3S/c1-13-8-9-16(11-17(13)19)25(23,24)21-10-4-5-14(12-21)18(22)20-15-6-2-3-7-15/h8-9,11,14-15H,2-7,10,12H2,1H3,(H,20,22). The first kappa shape index (κ1) is 18.3. The lowest BCUT2D eigenvalue weighted by Crippen LogP contribution is -2.47. The number of piperidine rings is 1. The number of nitrogens with zero attached hydrogens (tertiary/aromatic N) is 1. The number of carbonyl (C=O) groups excluding carboxylic acids is 1. The molecule has 0 bridgehead atoms. The second-order valence-corrected chi connectivity index (χ2v) is 9.04. The Kier molecular flexibility index (Phi) is 5.43. The van der Waals surface area contributed by atoms with Crippen LogP contribution < -0.4 is 5.32 Å². The van der Waals surface area contributed by atoms with Crippen LogP contribution in [0.5, 0.6) is 0 Å². The maximum absolute atomic E-state index is 13.8. The van der Waals surface area contributed by atoms with Gasteiger partial charge in [-0.3, -0.25) is 4.79 Å². The first-order valence-corrected chi connectivity index (χ1v) is 10.4. The molecule has 1 N–H and O–H groups in total. The van der Waals surface area contributed by atoms with Crippen molar-refractivity contribution in [1.29, 1.82) is 0 Å². The molecule has 7 heteroatoms. The molecule has 5 nitrogen and oxygen atoms in total. The largest absolute Gasteiger partial charge is 0.353 e. The molecule has 1 saturated heterocycles. The minimum Gasteiger partial charge on any atom is -0.353 e. The molecule has 1 aliphatic carbocycles. The number of benzene rings is 1. The van der Waals surface area contributed by atoms with Crippen molar-refractivity contribution in [3.05, 3.63) is 29.6 Å². The molecule has 2 fully saturated rings. The Morgan fingerprint density at radius 2 is 1.92 bits per heavy atom. The summed E-state index contributed by atoms with van der Waals surface area (Å²) in [6.45, 7) is 2.12. The van der Waals surface area contributed by atoms with Crippen molar-refractivity contribution in [3.8, 4) is 0 Å². The average Bonchev–Trinajstić information content (AvgIpc) is 3.10. The summed E-state index contributed by atoms with van der Waals surface area (Å²) >= 11 is 0. The Labute approximate surface area is 148 Å². The van der Waals surface area contributed by atoms with E-state index in [2.05, 4.69) is 5.32 Å². The predicted octanol–water partition coefficient (Wildman–Crippen LogP) is 2.59. The van der Waals surface area contributed by atoms with Crippen molar-refractivity contribution < 1.29 is 17.6 Å². The van der Waals surface area contributed by atoms with Crippen LogP contribution in [0.25, 0.3) is 0 Å². The van der Waals surface area contributed by atoms with Gasteiger partial charge in [-0.15, -0.1) is 0 Å². The number of aryl methyl sites for hydroxylation is 1. The molecule has 1 heterocycles. The fourth-order valence-electron chi connectivity index (χ4n) is 3.65. The van der Waals surface area contributed by atoms with Crippen molar-refractivity contribution in [3.63, 3.8) is 0 Å². The van der Waals surface area contributed by atoms with E-state index in [1.807, 2.05) is 0 Å². The Morgan fingerprint density at radius 3 is 2.60 bits per heavy atom. The molecule has 0 radical (unpaired) electrons. The minimum atomic E-state index is -3.78. The smallest absolute Gasteiger partial charge is 0.243 e. The third kappa shape index (κ3) is 4.03. The molecule has 1 aromatic carbocycles. The molecular weight excluding hydrogens is 343 g/mol. The highest BCUT2D eigenvalue weighted by atomic mass is 32.2. The van der Waals surface area contributed by atoms with Crippen LogP contribution in [0, 0.1) is 18.7 Å². The van der Waals surface area contributed by atoms with Gasteiger partial charge in [-0.05, 0) is 50.3 Å². The number of halogens is 1. The highest BCUT2D eigenvalue weighted by molar-refractivity contribution is 7.89. The van der Waals surface area contributed by atoms with E-state index in [-0.39, 0.29) is 29.3 Å². The van der Waals surface area contributed by atoms with E-state index in [0.29, 0.717) is 24.9 Å². The van der Waals surface area contributed by atoms with Crippen LogP contribution >= 0.6 is 0 Å². The van der Waals surface area contributed by atoms with Gasteiger partial charge < -0.3 is 5.32 Å². The van der Waals surface area contributed by atoms with Crippen molar-refractivity contribution in [2.75, 3.05) is 13.1 Å². The van der Waals surface area contributed by atoms with Crippen LogP contribution in [0.3, 0.4) is 0 Å². The van der Waals surface area contributed by atoms with Gasteiger partial charge in [-0.25, -0.2) is 12.8 Å². The van der Waals surface area contributed by atoms with Crippen molar-refractivity contribution in [2.45, 2.75) is 56.4 Å². The lowest BCUT2D eigenvalue weighted by Gasteiger charge is -2.31. The lowest BCUT2D eigenvalue weighted by molar-refractivity contribution is -0.126. The summed E-state index contributed by atoms with van der Waals surface area (Å²) in [5, 5.41) is 3.06. The highest BCUT2D eigenvalue weighted by Gasteiger charge is 2.34. The highest BCUT2D eigenvalue weighted by Crippen LogP contribution is 2.26. The number of hydrogen-bond donors (Lipinski definition) is 1. The molecule has 1 aliphatic heterocycles. The van der Waals surface area contributed by atoms with Crippen LogP contribution in [0.1, 0.15) is 44.1 Å². The van der Waals surface area contributed by atoms with E-state index in [4.69, 9.17) is 0 Å². The van der Waals surface area contributed by atoms with E-state index in [0.717, 1.165) is 31.7 Å². The first-order chi connectivity index (χ1) is 11.9. The summed E-state index contributed by atoms with van der Waals surface area (Å²) < 4.78 is 40.7. The van der Waals surface area contributed by atoms with Gasteiger partial charge in [0.05, 0.1) is 10.8 Å². The molecule has 1 unspecified atom stereocenters. The summed E-state index contributed by atoms with van der Waals surface area (Å²) in [6.07, 6.45) is 5.60. The average molecular weight is 368 g/mol. The lowest BCUT2D eigenvalue weighted by atomic mass is 9.98. The number of rotatable bonds is 4. The van der Waals surface area contributed by atoms with Crippen molar-refractivity contribution in [2.24, 2.45) is 5.92 Å². The van der Waals surface area contributed by atoms with Crippen LogP contribution in [-0.4, -0.2) is 37.8 Å². The quantitative estimate of drug-likeness (QED) is 0.888. The molecule has 2 aliphatic rings. The summed E-state index contributed by atoms with van der Waals surface area (Å²) in [5.74, 6) is -0.921. The van der Waals surface area contributed by atoms with Crippen LogP contribution in [0.2, 0.25) is 0 Å². The zero-order valence-corrected chi connectivity index (χ0v) is 15.3. The number of sulfonamides is 1. The van der Waals surface area contributed by atoms with Crippen molar-refractivity contribution in [1.82, 2.24) is 9.62 Å². The second-order valence-electron chi connectivity index (χ2n) is 7.10. The maximum atomic E-state index is 13.8. The fraction of sp³-hybridized carbons (Fsp3) is 0.611. The Balaban J connectivity index is 1.71. The third-order valence-electron chi connectivity index (χ3n) is 5.24. The van der Waals surface area contributed by atoms with E-state index in [1.54, 1.807) is 6.92 Å². The zero-order valence-electron chi connectivity index (χ0n) is 14.5. The predicted molar refractivity (Wildman–Crippen MR) is 93.0 cm³/mol. The molecule has 1 saturated carbocycles. The first-order valence-electron chi connectivity index (χ1n) is 8.94. The van der Waals surface area contributed by atoms with Crippen LogP contribution in [-0.2, 0) is 14.8 Å². The van der Waals surface area contributed by atoms with Gasteiger partial charge in [-0.2, -0.15) is 4.31 Å². The van der Waals surface area contributed by atoms with Gasteiger partial charge in [0.1, 0.15) is 5.82 Å². The number of nitrogens with one attached hydrogen (secondary N) is 1. The minimum absolute atomic E-state index is 0.0487. The van der Waals surface area contributed by atoms with Gasteiger partial charge in [0, 0.05) is 19.1 Å². The third-order valence-corrected chi connectivity index (χ3v) is 7.10. The summed E-state index contributed by atoms with van der Waals surface area (Å²) in [4.78, 5) is 12.4. The Bertz CT molecular complexity index is 745. The summed E-state index contributed by atoms with van der Waals surface area (Å²) in [7, 11) is -3.78. The van der Waals surface area contributed by atoms with E-state index < -0.39 is 15.8 Å². The SMILES string of the molecule is Cc1ccc(S(=O)(=O)N2CCCC(C(=O)NC3CCCC3)C2)cc1F. The second kappa shape index (κ2) is 7.41. The van der Waals surface area contributed by atoms with E-state index >= 15 is 0 Å². The maximum Gasteiger partial charge on any atom is 0.243 e. The normalized spacial score (nSPS) is 22.9. The number of carbonyl (C=O) groups is 1. The molecule has 1 aromatic rings. The Morgan fingerprint density at radius 1 is 1.20 bits per heavy atom. The molecule has 138 valence electrons. The van der Waals surface area contributed by atoms with Gasteiger partial charge in [0.2, 0.25) is 15.9 Å². The topological polar surface area (TPSA) is 66.5 Å². The summed E-state index contributed by atoms with van der Waals surface area (Å²) in [5.41, 5.74) is 0.409. The van der Waals surface area contributed by atoms with Crippen LogP contribution in [0.15, 0.2) is 23.1 Å². The molecule has 3 rings (SSSR count). The molecule has 1 amide bonds. The van der Waals surface area contributed by atoms with E-state index in [1.165, 1.54) is 16.4 Å². The van der Waals surface area contributed by atoms with E-state index in [9.17, 15) is 17.6 Å². The van der Waals surface area contributed by atoms with Crippen LogP contribution in [0.4, 0.5) is 4.39 Å². The number of amides is 1. The Hall–Kier alpha value is -1.47. The summed E-state index contributed by atoms with van der Waals surface area (Å²) in [6, 6.07) is 4.19. The molecule has 0 spiro atoms. The number of hydrogen-bond acceptors (Lipinski definition) is 3. The molecule has 0 aromatic heterocycles. The fourth-order valence-corrected chi connectivity index (χ4v) is 5.18. The van der Waals surface area contributed by atoms with Gasteiger partial charge in [-0.1, -0.05) is 18.9 Å². The zero-order chi connectivity index (χ0) is 18.0.